The number of carbonyl (C=O) groups is 2. The lowest BCUT2D eigenvalue weighted by Crippen LogP contribution is -2.33. The van der Waals surface area contributed by atoms with Gasteiger partial charge in [0.05, 0.1) is 31.6 Å². The number of fused-ring (bicyclic) bond motifs is 1. The van der Waals surface area contributed by atoms with Crippen molar-refractivity contribution in [2.45, 2.75) is 32.7 Å². The summed E-state index contributed by atoms with van der Waals surface area (Å²) < 4.78 is 44.4. The lowest BCUT2D eigenvalue weighted by molar-refractivity contribution is -0.118. The zero-order valence-corrected chi connectivity index (χ0v) is 26.7. The van der Waals surface area contributed by atoms with Crippen LogP contribution in [0.1, 0.15) is 30.4 Å². The van der Waals surface area contributed by atoms with E-state index < -0.39 is 22.0 Å². The summed E-state index contributed by atoms with van der Waals surface area (Å²) in [6, 6.07) is 17.5. The standard InChI is InChI=1S/C32H34ClN5O7S/c1-22-27(33)10-4-12-29(22)44-15-5-13-30(39)38-14-6-16-45-31-26(9-3-11-28(31)38)24-18-35-37(20-24)19-23-7-2-8-25(17-23)36-32(40)34-21-46(41,42)43/h2-4,7-12,17-18,20H,5-6,13-16,19,21H2,1H3,(H2,34,36,40)(H,41,42,43). The Morgan fingerprint density at radius 1 is 1.13 bits per heavy atom. The molecule has 0 radical (unpaired) electrons. The maximum absolute atomic E-state index is 13.4. The van der Waals surface area contributed by atoms with Crippen LogP contribution in [0, 0.1) is 6.92 Å². The second-order valence-electron chi connectivity index (χ2n) is 10.7. The van der Waals surface area contributed by atoms with Crippen LogP contribution in [0.5, 0.6) is 11.5 Å². The van der Waals surface area contributed by atoms with E-state index in [0.29, 0.717) is 73.5 Å². The Labute approximate surface area is 272 Å². The van der Waals surface area contributed by atoms with Gasteiger partial charge in [-0.25, -0.2) is 4.79 Å². The number of nitrogens with zero attached hydrogens (tertiary/aromatic N) is 3. The Bertz CT molecular complexity index is 1830. The van der Waals surface area contributed by atoms with Crippen LogP contribution < -0.4 is 25.0 Å². The fourth-order valence-corrected chi connectivity index (χ4v) is 5.51. The van der Waals surface area contributed by atoms with Gasteiger partial charge < -0.3 is 25.0 Å². The minimum absolute atomic E-state index is 0.00818. The van der Waals surface area contributed by atoms with Gasteiger partial charge in [-0.15, -0.1) is 0 Å². The van der Waals surface area contributed by atoms with E-state index in [-0.39, 0.29) is 5.91 Å². The van der Waals surface area contributed by atoms with Gasteiger partial charge in [-0.1, -0.05) is 41.9 Å². The minimum atomic E-state index is -4.33. The first-order valence-corrected chi connectivity index (χ1v) is 16.6. The summed E-state index contributed by atoms with van der Waals surface area (Å²) in [6.45, 7) is 3.69. The first kappa shape index (κ1) is 32.8. The molecule has 1 aliphatic heterocycles. The number of nitrogens with one attached hydrogen (secondary N) is 2. The minimum Gasteiger partial charge on any atom is -0.493 e. The van der Waals surface area contributed by atoms with Crippen LogP contribution in [0.4, 0.5) is 16.2 Å². The van der Waals surface area contributed by atoms with Crippen LogP contribution in [0.15, 0.2) is 73.1 Å². The molecule has 0 saturated carbocycles. The number of ether oxygens (including phenoxy) is 2. The number of carbonyl (C=O) groups excluding carboxylic acids is 2. The number of rotatable bonds is 11. The smallest absolute Gasteiger partial charge is 0.320 e. The normalized spacial score (nSPS) is 12.9. The summed E-state index contributed by atoms with van der Waals surface area (Å²) in [6.07, 6.45) is 5.17. The molecule has 0 spiro atoms. The molecule has 3 aromatic carbocycles. The quantitative estimate of drug-likeness (QED) is 0.140. The number of benzene rings is 3. The summed E-state index contributed by atoms with van der Waals surface area (Å²) in [7, 11) is -4.33. The molecule has 5 rings (SSSR count). The SMILES string of the molecule is Cc1c(Cl)cccc1OCCCC(=O)N1CCCOc2c(-c3cnn(Cc4cccc(NC(=O)NCS(=O)(=O)O)c4)c3)cccc21. The molecule has 242 valence electrons. The lowest BCUT2D eigenvalue weighted by atomic mass is 10.1. The third kappa shape index (κ3) is 8.56. The first-order valence-electron chi connectivity index (χ1n) is 14.6. The van der Waals surface area contributed by atoms with E-state index in [1.807, 2.05) is 55.6 Å². The zero-order chi connectivity index (χ0) is 32.7. The van der Waals surface area contributed by atoms with Crippen molar-refractivity contribution in [1.29, 1.82) is 0 Å². The van der Waals surface area contributed by atoms with Gasteiger partial charge in [0.2, 0.25) is 5.91 Å². The van der Waals surface area contributed by atoms with Gasteiger partial charge in [0.25, 0.3) is 10.1 Å². The fourth-order valence-electron chi connectivity index (χ4n) is 5.03. The molecule has 12 nitrogen and oxygen atoms in total. The van der Waals surface area contributed by atoms with E-state index in [9.17, 15) is 18.0 Å². The monoisotopic (exact) mass is 667 g/mol. The van der Waals surface area contributed by atoms with Gasteiger partial charge in [-0.05, 0) is 55.7 Å². The maximum atomic E-state index is 13.4. The highest BCUT2D eigenvalue weighted by Crippen LogP contribution is 2.40. The average Bonchev–Trinajstić information content (AvgIpc) is 3.36. The molecule has 14 heteroatoms. The summed E-state index contributed by atoms with van der Waals surface area (Å²) in [5.41, 5.74) is 4.48. The highest BCUT2D eigenvalue weighted by molar-refractivity contribution is 7.85. The maximum Gasteiger partial charge on any atom is 0.320 e. The predicted octanol–water partition coefficient (Wildman–Crippen LogP) is 5.50. The third-order valence-corrected chi connectivity index (χ3v) is 8.18. The molecule has 0 atom stereocenters. The van der Waals surface area contributed by atoms with Crippen LogP contribution in [0.3, 0.4) is 0 Å². The molecule has 0 saturated heterocycles. The van der Waals surface area contributed by atoms with Crippen molar-refractivity contribution in [1.82, 2.24) is 15.1 Å². The molecule has 0 bridgehead atoms. The van der Waals surface area contributed by atoms with Crippen LogP contribution in [-0.4, -0.2) is 60.3 Å². The first-order chi connectivity index (χ1) is 22.1. The second-order valence-corrected chi connectivity index (χ2v) is 12.6. The van der Waals surface area contributed by atoms with Gasteiger partial charge in [0.15, 0.2) is 5.75 Å². The van der Waals surface area contributed by atoms with Crippen LogP contribution in [-0.2, 0) is 21.5 Å². The van der Waals surface area contributed by atoms with Crippen molar-refractivity contribution in [2.75, 3.05) is 35.9 Å². The molecule has 1 aromatic heterocycles. The molecule has 46 heavy (non-hydrogen) atoms. The Balaban J connectivity index is 1.24. The number of hydrogen-bond donors (Lipinski definition) is 3. The summed E-state index contributed by atoms with van der Waals surface area (Å²) >= 11 is 6.18. The number of halogens is 1. The molecule has 2 heterocycles. The lowest BCUT2D eigenvalue weighted by Gasteiger charge is -2.23. The van der Waals surface area contributed by atoms with Crippen molar-refractivity contribution < 1.29 is 32.0 Å². The van der Waals surface area contributed by atoms with E-state index in [1.54, 1.807) is 34.0 Å². The molecule has 0 unspecified atom stereocenters. The zero-order valence-electron chi connectivity index (χ0n) is 25.1. The largest absolute Gasteiger partial charge is 0.493 e. The molecular weight excluding hydrogens is 634 g/mol. The topological polar surface area (TPSA) is 152 Å². The number of urea groups is 1. The average molecular weight is 668 g/mol. The highest BCUT2D eigenvalue weighted by atomic mass is 35.5. The summed E-state index contributed by atoms with van der Waals surface area (Å²) in [5, 5.41) is 9.76. The van der Waals surface area contributed by atoms with Crippen molar-refractivity contribution >= 4 is 45.0 Å². The number of aromatic nitrogens is 2. The van der Waals surface area contributed by atoms with Gasteiger partial charge in [-0.3, -0.25) is 14.0 Å². The van der Waals surface area contributed by atoms with Crippen LogP contribution in [0.25, 0.3) is 11.1 Å². The molecule has 3 N–H and O–H groups in total. The van der Waals surface area contributed by atoms with Crippen molar-refractivity contribution in [3.05, 3.63) is 89.2 Å². The van der Waals surface area contributed by atoms with Gasteiger partial charge in [0.1, 0.15) is 11.6 Å². The molecule has 3 amide bonds. The van der Waals surface area contributed by atoms with Crippen LogP contribution in [0.2, 0.25) is 5.02 Å². The fraction of sp³-hybridized carbons (Fsp3) is 0.281. The molecule has 4 aromatic rings. The number of amides is 3. The Morgan fingerprint density at radius 3 is 2.76 bits per heavy atom. The van der Waals surface area contributed by atoms with E-state index in [0.717, 1.165) is 22.3 Å². The number of hydrogen-bond acceptors (Lipinski definition) is 7. The molecular formula is C32H34ClN5O7S. The number of para-hydroxylation sites is 1. The second kappa shape index (κ2) is 14.7. The van der Waals surface area contributed by atoms with E-state index in [2.05, 4.69) is 15.7 Å². The molecule has 0 aliphatic carbocycles. The Kier molecular flexibility index (Phi) is 10.5. The van der Waals surface area contributed by atoms with Gasteiger partial charge >= 0.3 is 6.03 Å². The van der Waals surface area contributed by atoms with Crippen LogP contribution >= 0.6 is 11.6 Å². The molecule has 0 fully saturated rings. The van der Waals surface area contributed by atoms with Crippen molar-refractivity contribution in [2.24, 2.45) is 0 Å². The predicted molar refractivity (Wildman–Crippen MR) is 175 cm³/mol. The Morgan fingerprint density at radius 2 is 1.93 bits per heavy atom. The van der Waals surface area contributed by atoms with E-state index in [1.165, 1.54) is 0 Å². The Hall–Kier alpha value is -4.59. The number of anilines is 2. The van der Waals surface area contributed by atoms with E-state index >= 15 is 0 Å². The van der Waals surface area contributed by atoms with Crippen molar-refractivity contribution in [3.63, 3.8) is 0 Å². The molecule has 1 aliphatic rings. The van der Waals surface area contributed by atoms with E-state index in [4.69, 9.17) is 25.6 Å². The van der Waals surface area contributed by atoms with Crippen molar-refractivity contribution in [3.8, 4) is 22.6 Å². The summed E-state index contributed by atoms with van der Waals surface area (Å²) in [5.74, 6) is 0.434. The summed E-state index contributed by atoms with van der Waals surface area (Å²) in [4.78, 5) is 27.1. The third-order valence-electron chi connectivity index (χ3n) is 7.26. The van der Waals surface area contributed by atoms with Gasteiger partial charge in [-0.2, -0.15) is 13.5 Å². The highest BCUT2D eigenvalue weighted by Gasteiger charge is 2.25. The van der Waals surface area contributed by atoms with Gasteiger partial charge in [0, 0.05) is 46.6 Å².